The van der Waals surface area contributed by atoms with Crippen LogP contribution in [0, 0.1) is 5.92 Å². The summed E-state index contributed by atoms with van der Waals surface area (Å²) in [4.78, 5) is 8.78. The third-order valence-electron chi connectivity index (χ3n) is 2.60. The van der Waals surface area contributed by atoms with Gasteiger partial charge in [0.25, 0.3) is 0 Å². The van der Waals surface area contributed by atoms with Crippen LogP contribution in [0.15, 0.2) is 18.2 Å². The van der Waals surface area contributed by atoms with Crippen molar-refractivity contribution in [1.82, 2.24) is 9.88 Å². The van der Waals surface area contributed by atoms with E-state index in [0.29, 0.717) is 5.15 Å². The quantitative estimate of drug-likeness (QED) is 0.731. The van der Waals surface area contributed by atoms with E-state index in [-0.39, 0.29) is 0 Å². The number of pyridine rings is 1. The van der Waals surface area contributed by atoms with E-state index in [2.05, 4.69) is 28.9 Å². The molecule has 2 rings (SSSR count). The number of rotatable bonds is 3. The Bertz CT molecular complexity index is 334. The lowest BCUT2D eigenvalue weighted by molar-refractivity contribution is 0.282. The molecule has 0 saturated carbocycles. The van der Waals surface area contributed by atoms with Crippen LogP contribution in [0.3, 0.4) is 0 Å². The SMILES string of the molecule is CN(C)CC1CN(c2cccc(Cl)n2)C1. The summed E-state index contributed by atoms with van der Waals surface area (Å²) in [5, 5.41) is 0.573. The van der Waals surface area contributed by atoms with Gasteiger partial charge in [-0.2, -0.15) is 0 Å². The molecule has 0 amide bonds. The van der Waals surface area contributed by atoms with Crippen LogP contribution < -0.4 is 4.90 Å². The Hall–Kier alpha value is -0.800. The lowest BCUT2D eigenvalue weighted by atomic mass is 10.00. The largest absolute Gasteiger partial charge is 0.356 e. The van der Waals surface area contributed by atoms with Crippen LogP contribution in [-0.2, 0) is 0 Å². The topological polar surface area (TPSA) is 19.4 Å². The minimum atomic E-state index is 0.573. The van der Waals surface area contributed by atoms with Gasteiger partial charge in [-0.1, -0.05) is 17.7 Å². The molecule has 1 saturated heterocycles. The highest BCUT2D eigenvalue weighted by Gasteiger charge is 2.27. The van der Waals surface area contributed by atoms with Crippen LogP contribution in [0.25, 0.3) is 0 Å². The van der Waals surface area contributed by atoms with E-state index in [0.717, 1.165) is 31.4 Å². The van der Waals surface area contributed by atoms with Crippen molar-refractivity contribution in [3.8, 4) is 0 Å². The Balaban J connectivity index is 1.89. The van der Waals surface area contributed by atoms with Gasteiger partial charge in [0.05, 0.1) is 0 Å². The molecule has 0 N–H and O–H groups in total. The van der Waals surface area contributed by atoms with Gasteiger partial charge >= 0.3 is 0 Å². The van der Waals surface area contributed by atoms with Crippen LogP contribution >= 0.6 is 11.6 Å². The molecule has 3 nitrogen and oxygen atoms in total. The highest BCUT2D eigenvalue weighted by Crippen LogP contribution is 2.23. The second-order valence-corrected chi connectivity index (χ2v) is 4.74. The van der Waals surface area contributed by atoms with Gasteiger partial charge in [-0.25, -0.2) is 4.98 Å². The Morgan fingerprint density at radius 1 is 1.47 bits per heavy atom. The Morgan fingerprint density at radius 3 is 2.80 bits per heavy atom. The third kappa shape index (κ3) is 2.61. The summed E-state index contributed by atoms with van der Waals surface area (Å²) >= 11 is 5.84. The van der Waals surface area contributed by atoms with Crippen LogP contribution in [0.4, 0.5) is 5.82 Å². The summed E-state index contributed by atoms with van der Waals surface area (Å²) < 4.78 is 0. The summed E-state index contributed by atoms with van der Waals surface area (Å²) in [6, 6.07) is 5.77. The molecule has 0 unspecified atom stereocenters. The fourth-order valence-electron chi connectivity index (χ4n) is 1.96. The Morgan fingerprint density at radius 2 is 2.20 bits per heavy atom. The van der Waals surface area contributed by atoms with Crippen LogP contribution in [0.5, 0.6) is 0 Å². The first-order valence-electron chi connectivity index (χ1n) is 5.17. The van der Waals surface area contributed by atoms with Crippen molar-refractivity contribution in [3.63, 3.8) is 0 Å². The van der Waals surface area contributed by atoms with E-state index in [1.807, 2.05) is 18.2 Å². The van der Waals surface area contributed by atoms with E-state index >= 15 is 0 Å². The van der Waals surface area contributed by atoms with Gasteiger partial charge in [0.15, 0.2) is 0 Å². The van der Waals surface area contributed by atoms with Crippen molar-refractivity contribution < 1.29 is 0 Å². The zero-order valence-electron chi connectivity index (χ0n) is 9.15. The maximum absolute atomic E-state index is 5.84. The van der Waals surface area contributed by atoms with E-state index in [1.165, 1.54) is 0 Å². The van der Waals surface area contributed by atoms with Crippen molar-refractivity contribution in [2.24, 2.45) is 5.92 Å². The van der Waals surface area contributed by atoms with Crippen molar-refractivity contribution in [3.05, 3.63) is 23.4 Å². The monoisotopic (exact) mass is 225 g/mol. The lowest BCUT2D eigenvalue weighted by Crippen LogP contribution is -2.50. The maximum atomic E-state index is 5.84. The molecular formula is C11H16ClN3. The molecule has 1 aliphatic rings. The number of anilines is 1. The number of nitrogens with zero attached hydrogens (tertiary/aromatic N) is 3. The van der Waals surface area contributed by atoms with Crippen LogP contribution in [0.1, 0.15) is 0 Å². The average Bonchev–Trinajstić information content (AvgIpc) is 2.10. The predicted molar refractivity (Wildman–Crippen MR) is 63.5 cm³/mol. The summed E-state index contributed by atoms with van der Waals surface area (Å²) in [6.45, 7) is 3.33. The van der Waals surface area contributed by atoms with Crippen molar-refractivity contribution in [1.29, 1.82) is 0 Å². The fraction of sp³-hybridized carbons (Fsp3) is 0.545. The smallest absolute Gasteiger partial charge is 0.131 e. The van der Waals surface area contributed by atoms with Gasteiger partial charge in [0.1, 0.15) is 11.0 Å². The second kappa shape index (κ2) is 4.37. The molecule has 1 fully saturated rings. The molecule has 1 aromatic rings. The maximum Gasteiger partial charge on any atom is 0.131 e. The fourth-order valence-corrected chi connectivity index (χ4v) is 2.12. The number of halogens is 1. The van der Waals surface area contributed by atoms with Gasteiger partial charge in [-0.15, -0.1) is 0 Å². The zero-order chi connectivity index (χ0) is 10.8. The molecule has 0 atom stereocenters. The third-order valence-corrected chi connectivity index (χ3v) is 2.82. The van der Waals surface area contributed by atoms with Crippen LogP contribution in [-0.4, -0.2) is 43.6 Å². The van der Waals surface area contributed by atoms with Crippen molar-refractivity contribution in [2.75, 3.05) is 38.6 Å². The van der Waals surface area contributed by atoms with E-state index < -0.39 is 0 Å². The molecule has 0 aliphatic carbocycles. The first-order chi connectivity index (χ1) is 7.15. The first-order valence-corrected chi connectivity index (χ1v) is 5.55. The molecule has 15 heavy (non-hydrogen) atoms. The molecule has 2 heterocycles. The molecule has 1 aromatic heterocycles. The zero-order valence-corrected chi connectivity index (χ0v) is 9.91. The summed E-state index contributed by atoms with van der Waals surface area (Å²) in [5.74, 6) is 1.76. The first kappa shape index (κ1) is 10.7. The van der Waals surface area contributed by atoms with Gasteiger partial charge in [0.2, 0.25) is 0 Å². The molecule has 0 bridgehead atoms. The van der Waals surface area contributed by atoms with Gasteiger partial charge in [-0.3, -0.25) is 0 Å². The van der Waals surface area contributed by atoms with Crippen molar-refractivity contribution >= 4 is 17.4 Å². The van der Waals surface area contributed by atoms with E-state index in [1.54, 1.807) is 0 Å². The number of hydrogen-bond donors (Lipinski definition) is 0. The predicted octanol–water partition coefficient (Wildman–Crippen LogP) is 1.73. The molecule has 4 heteroatoms. The van der Waals surface area contributed by atoms with Gasteiger partial charge in [-0.05, 0) is 26.2 Å². The molecule has 0 radical (unpaired) electrons. The second-order valence-electron chi connectivity index (χ2n) is 4.35. The Kier molecular flexibility index (Phi) is 3.12. The number of aromatic nitrogens is 1. The molecular weight excluding hydrogens is 210 g/mol. The minimum Gasteiger partial charge on any atom is -0.356 e. The van der Waals surface area contributed by atoms with E-state index in [4.69, 9.17) is 11.6 Å². The molecule has 82 valence electrons. The summed E-state index contributed by atoms with van der Waals surface area (Å²) in [6.07, 6.45) is 0. The highest BCUT2D eigenvalue weighted by molar-refractivity contribution is 6.29. The number of hydrogen-bond acceptors (Lipinski definition) is 3. The molecule has 0 spiro atoms. The molecule has 0 aromatic carbocycles. The van der Waals surface area contributed by atoms with Crippen molar-refractivity contribution in [2.45, 2.75) is 0 Å². The Labute approximate surface area is 95.7 Å². The van der Waals surface area contributed by atoms with Gasteiger partial charge < -0.3 is 9.80 Å². The van der Waals surface area contributed by atoms with Gasteiger partial charge in [0, 0.05) is 25.6 Å². The standard InChI is InChI=1S/C11H16ClN3/c1-14(2)6-9-7-15(8-9)11-5-3-4-10(12)13-11/h3-5,9H,6-8H2,1-2H3. The normalized spacial score (nSPS) is 16.9. The summed E-state index contributed by atoms with van der Waals surface area (Å²) in [5.41, 5.74) is 0. The highest BCUT2D eigenvalue weighted by atomic mass is 35.5. The summed E-state index contributed by atoms with van der Waals surface area (Å²) in [7, 11) is 4.22. The van der Waals surface area contributed by atoms with Crippen LogP contribution in [0.2, 0.25) is 5.15 Å². The molecule has 1 aliphatic heterocycles. The minimum absolute atomic E-state index is 0.573. The lowest BCUT2D eigenvalue weighted by Gasteiger charge is -2.41. The van der Waals surface area contributed by atoms with E-state index in [9.17, 15) is 0 Å². The average molecular weight is 226 g/mol.